The number of carboxylic acids is 1. The molecule has 7 heteroatoms. The number of aliphatic carboxylic acids is 1. The molecule has 1 amide bonds. The van der Waals surface area contributed by atoms with Gasteiger partial charge in [0.2, 0.25) is 0 Å². The maximum Gasteiger partial charge on any atom is 0.326 e. The van der Waals surface area contributed by atoms with Gasteiger partial charge in [0.25, 0.3) is 5.91 Å². The van der Waals surface area contributed by atoms with Gasteiger partial charge in [-0.2, -0.15) is 0 Å². The van der Waals surface area contributed by atoms with Crippen molar-refractivity contribution in [1.29, 1.82) is 0 Å². The van der Waals surface area contributed by atoms with Crippen molar-refractivity contribution in [2.45, 2.75) is 25.9 Å². The number of carboxylic acid groups (broad SMARTS) is 1. The highest BCUT2D eigenvalue weighted by Crippen LogP contribution is 2.24. The summed E-state index contributed by atoms with van der Waals surface area (Å²) >= 11 is 0. The first-order valence-corrected chi connectivity index (χ1v) is 7.88. The van der Waals surface area contributed by atoms with Crippen LogP contribution in [0.1, 0.15) is 28.7 Å². The van der Waals surface area contributed by atoms with Crippen LogP contribution < -0.4 is 4.74 Å². The molecule has 0 aliphatic carbocycles. The lowest BCUT2D eigenvalue weighted by molar-refractivity contribution is -0.142. The average Bonchev–Trinajstić information content (AvgIpc) is 3.06. The van der Waals surface area contributed by atoms with Gasteiger partial charge in [0.15, 0.2) is 0 Å². The van der Waals surface area contributed by atoms with Crippen molar-refractivity contribution < 1.29 is 19.4 Å². The highest BCUT2D eigenvalue weighted by atomic mass is 16.5. The van der Waals surface area contributed by atoms with E-state index in [0.717, 1.165) is 11.3 Å². The van der Waals surface area contributed by atoms with Gasteiger partial charge >= 0.3 is 5.97 Å². The summed E-state index contributed by atoms with van der Waals surface area (Å²) in [5, 5.41) is 9.50. The van der Waals surface area contributed by atoms with Crippen LogP contribution in [-0.4, -0.2) is 44.5 Å². The molecule has 2 aromatic rings. The van der Waals surface area contributed by atoms with Gasteiger partial charge in [0.1, 0.15) is 18.4 Å². The van der Waals surface area contributed by atoms with E-state index in [-0.39, 0.29) is 18.9 Å². The SMILES string of the molecule is C=C(C)COc1cccc(C(=O)N2Cc3[nH]cnc3C[C@@H]2C(=O)O)c1. The summed E-state index contributed by atoms with van der Waals surface area (Å²) in [5.41, 5.74) is 2.70. The number of carbonyl (C=O) groups excluding carboxylic acids is 1. The molecule has 1 atom stereocenters. The molecule has 2 heterocycles. The number of hydrogen-bond donors (Lipinski definition) is 2. The molecule has 0 bridgehead atoms. The molecule has 1 aromatic carbocycles. The Morgan fingerprint density at radius 2 is 2.28 bits per heavy atom. The molecule has 1 aromatic heterocycles. The number of fused-ring (bicyclic) bond motifs is 1. The molecular weight excluding hydrogens is 322 g/mol. The van der Waals surface area contributed by atoms with Crippen LogP contribution in [0.15, 0.2) is 42.7 Å². The van der Waals surface area contributed by atoms with Crippen LogP contribution in [0.4, 0.5) is 0 Å². The summed E-state index contributed by atoms with van der Waals surface area (Å²) in [4.78, 5) is 32.9. The molecule has 1 aliphatic heterocycles. The highest BCUT2D eigenvalue weighted by molar-refractivity contribution is 5.97. The number of aromatic nitrogens is 2. The maximum atomic E-state index is 12.9. The molecule has 3 rings (SSSR count). The van der Waals surface area contributed by atoms with Crippen LogP contribution in [0.5, 0.6) is 5.75 Å². The number of ether oxygens (including phenoxy) is 1. The Hall–Kier alpha value is -3.09. The molecule has 0 saturated heterocycles. The van der Waals surface area contributed by atoms with E-state index in [1.807, 2.05) is 6.92 Å². The van der Waals surface area contributed by atoms with Crippen LogP contribution in [-0.2, 0) is 17.8 Å². The van der Waals surface area contributed by atoms with E-state index in [9.17, 15) is 14.7 Å². The van der Waals surface area contributed by atoms with Crippen molar-refractivity contribution in [3.63, 3.8) is 0 Å². The van der Waals surface area contributed by atoms with Crippen LogP contribution >= 0.6 is 0 Å². The molecule has 0 saturated carbocycles. The second-order valence-electron chi connectivity index (χ2n) is 6.09. The fourth-order valence-corrected chi connectivity index (χ4v) is 2.76. The van der Waals surface area contributed by atoms with Gasteiger partial charge < -0.3 is 19.7 Å². The van der Waals surface area contributed by atoms with E-state index in [2.05, 4.69) is 16.5 Å². The smallest absolute Gasteiger partial charge is 0.326 e. The first-order chi connectivity index (χ1) is 12.0. The van der Waals surface area contributed by atoms with E-state index in [0.29, 0.717) is 23.6 Å². The minimum atomic E-state index is -1.04. The molecule has 1 aliphatic rings. The Balaban J connectivity index is 1.85. The quantitative estimate of drug-likeness (QED) is 0.811. The number of nitrogens with one attached hydrogen (secondary N) is 1. The zero-order valence-corrected chi connectivity index (χ0v) is 13.9. The van der Waals surface area contributed by atoms with Gasteiger partial charge in [0, 0.05) is 12.0 Å². The Morgan fingerprint density at radius 1 is 1.48 bits per heavy atom. The van der Waals surface area contributed by atoms with Gasteiger partial charge in [-0.1, -0.05) is 12.6 Å². The molecule has 7 nitrogen and oxygen atoms in total. The minimum absolute atomic E-state index is 0.183. The van der Waals surface area contributed by atoms with Crippen molar-refractivity contribution in [3.05, 3.63) is 59.7 Å². The number of hydrogen-bond acceptors (Lipinski definition) is 4. The van der Waals surface area contributed by atoms with E-state index >= 15 is 0 Å². The van der Waals surface area contributed by atoms with Crippen molar-refractivity contribution in [2.24, 2.45) is 0 Å². The van der Waals surface area contributed by atoms with Crippen LogP contribution in [0.25, 0.3) is 0 Å². The number of carbonyl (C=O) groups is 2. The first kappa shape index (κ1) is 16.8. The largest absolute Gasteiger partial charge is 0.489 e. The lowest BCUT2D eigenvalue weighted by Gasteiger charge is -2.32. The predicted molar refractivity (Wildman–Crippen MR) is 90.3 cm³/mol. The van der Waals surface area contributed by atoms with Gasteiger partial charge in [-0.25, -0.2) is 9.78 Å². The Kier molecular flexibility index (Phi) is 4.56. The number of nitrogens with zero attached hydrogens (tertiary/aromatic N) is 2. The molecular formula is C18H19N3O4. The molecule has 0 radical (unpaired) electrons. The Morgan fingerprint density at radius 3 is 3.00 bits per heavy atom. The zero-order chi connectivity index (χ0) is 18.0. The molecule has 0 spiro atoms. The van der Waals surface area contributed by atoms with Crippen molar-refractivity contribution in [2.75, 3.05) is 6.61 Å². The Bertz CT molecular complexity index is 827. The van der Waals surface area contributed by atoms with E-state index in [4.69, 9.17) is 4.74 Å². The number of imidazole rings is 1. The predicted octanol–water partition coefficient (Wildman–Crippen LogP) is 2.02. The monoisotopic (exact) mass is 341 g/mol. The molecule has 130 valence electrons. The molecule has 0 fully saturated rings. The number of amides is 1. The lowest BCUT2D eigenvalue weighted by atomic mass is 10.0. The van der Waals surface area contributed by atoms with Crippen molar-refractivity contribution >= 4 is 11.9 Å². The number of aromatic amines is 1. The van der Waals surface area contributed by atoms with Crippen LogP contribution in [0.2, 0.25) is 0 Å². The topological polar surface area (TPSA) is 95.5 Å². The van der Waals surface area contributed by atoms with Gasteiger partial charge in [-0.05, 0) is 30.7 Å². The summed E-state index contributed by atoms with van der Waals surface area (Å²) in [6.45, 7) is 6.16. The summed E-state index contributed by atoms with van der Waals surface area (Å²) in [6.07, 6.45) is 1.70. The molecule has 25 heavy (non-hydrogen) atoms. The van der Waals surface area contributed by atoms with Crippen LogP contribution in [0.3, 0.4) is 0 Å². The number of H-pyrrole nitrogens is 1. The van der Waals surface area contributed by atoms with Crippen molar-refractivity contribution in [1.82, 2.24) is 14.9 Å². The maximum absolute atomic E-state index is 12.9. The average molecular weight is 341 g/mol. The number of benzene rings is 1. The molecule has 2 N–H and O–H groups in total. The fraction of sp³-hybridized carbons (Fsp3) is 0.278. The van der Waals surface area contributed by atoms with E-state index in [1.54, 1.807) is 24.3 Å². The summed E-state index contributed by atoms with van der Waals surface area (Å²) in [7, 11) is 0. The van der Waals surface area contributed by atoms with Crippen LogP contribution in [0, 0.1) is 0 Å². The standard InChI is InChI=1S/C18H19N3O4/c1-11(2)9-25-13-5-3-4-12(6-13)17(22)21-8-15-14(19-10-20-15)7-16(21)18(23)24/h3-6,10,16H,1,7-9H2,2H3,(H,19,20)(H,23,24)/t16-/m1/s1. The summed E-state index contributed by atoms with van der Waals surface area (Å²) in [5.74, 6) is -0.856. The van der Waals surface area contributed by atoms with Gasteiger partial charge in [0.05, 0.1) is 24.3 Å². The third-order valence-corrected chi connectivity index (χ3v) is 4.01. The normalized spacial score (nSPS) is 16.2. The second kappa shape index (κ2) is 6.80. The van der Waals surface area contributed by atoms with Crippen molar-refractivity contribution in [3.8, 4) is 5.75 Å². The van der Waals surface area contributed by atoms with E-state index < -0.39 is 12.0 Å². The number of rotatable bonds is 5. The first-order valence-electron chi connectivity index (χ1n) is 7.88. The summed E-state index contributed by atoms with van der Waals surface area (Å²) in [6, 6.07) is 5.78. The van der Waals surface area contributed by atoms with E-state index in [1.165, 1.54) is 11.2 Å². The van der Waals surface area contributed by atoms with Gasteiger partial charge in [-0.3, -0.25) is 4.79 Å². The van der Waals surface area contributed by atoms with Gasteiger partial charge in [-0.15, -0.1) is 0 Å². The fourth-order valence-electron chi connectivity index (χ4n) is 2.76. The second-order valence-corrected chi connectivity index (χ2v) is 6.09. The lowest BCUT2D eigenvalue weighted by Crippen LogP contribution is -2.48. The minimum Gasteiger partial charge on any atom is -0.489 e. The third-order valence-electron chi connectivity index (χ3n) is 4.01. The summed E-state index contributed by atoms with van der Waals surface area (Å²) < 4.78 is 5.56. The Labute approximate surface area is 144 Å². The molecule has 0 unspecified atom stereocenters. The highest BCUT2D eigenvalue weighted by Gasteiger charge is 2.36. The zero-order valence-electron chi connectivity index (χ0n) is 13.9. The third kappa shape index (κ3) is 3.55.